The fourth-order valence-corrected chi connectivity index (χ4v) is 1.90. The van der Waals surface area contributed by atoms with Crippen molar-refractivity contribution in [3.05, 3.63) is 35.9 Å². The molecule has 18 heavy (non-hydrogen) atoms. The summed E-state index contributed by atoms with van der Waals surface area (Å²) in [4.78, 5) is 37.7. The highest BCUT2D eigenvalue weighted by atomic mass is 16.8. The number of hydroxylamine groups is 2. The molecule has 0 aromatic heterocycles. The Balaban J connectivity index is 2.06. The molecule has 1 aromatic carbocycles. The van der Waals surface area contributed by atoms with Gasteiger partial charge < -0.3 is 5.11 Å². The first-order valence-corrected chi connectivity index (χ1v) is 5.39. The van der Waals surface area contributed by atoms with Crippen LogP contribution in [0.25, 0.3) is 0 Å². The Kier molecular flexibility index (Phi) is 3.27. The number of amides is 2. The monoisotopic (exact) mass is 249 g/mol. The summed E-state index contributed by atoms with van der Waals surface area (Å²) in [6.07, 6.45) is -1.30. The molecule has 6 heteroatoms. The average molecular weight is 249 g/mol. The van der Waals surface area contributed by atoms with Gasteiger partial charge in [0.2, 0.25) is 0 Å². The molecular weight excluding hydrogens is 238 g/mol. The number of carbonyl (C=O) groups excluding carboxylic acids is 2. The van der Waals surface area contributed by atoms with Gasteiger partial charge in [-0.1, -0.05) is 35.4 Å². The van der Waals surface area contributed by atoms with Crippen molar-refractivity contribution in [3.63, 3.8) is 0 Å². The first kappa shape index (κ1) is 12.1. The van der Waals surface area contributed by atoms with Gasteiger partial charge in [-0.3, -0.25) is 14.4 Å². The molecule has 1 saturated heterocycles. The molecule has 1 aliphatic heterocycles. The third-order valence-corrected chi connectivity index (χ3v) is 2.69. The van der Waals surface area contributed by atoms with E-state index in [1.165, 1.54) is 0 Å². The maximum absolute atomic E-state index is 11.8. The van der Waals surface area contributed by atoms with Crippen LogP contribution in [-0.4, -0.2) is 28.1 Å². The predicted octanol–water partition coefficient (Wildman–Crippen LogP) is 1.21. The molecule has 94 valence electrons. The zero-order valence-corrected chi connectivity index (χ0v) is 9.41. The van der Waals surface area contributed by atoms with Crippen LogP contribution >= 0.6 is 0 Å². The van der Waals surface area contributed by atoms with Gasteiger partial charge in [0, 0.05) is 6.42 Å². The van der Waals surface area contributed by atoms with Gasteiger partial charge in [-0.2, -0.15) is 0 Å². The molecule has 2 rings (SSSR count). The topological polar surface area (TPSA) is 83.9 Å². The van der Waals surface area contributed by atoms with E-state index in [0.29, 0.717) is 11.5 Å². The minimum Gasteiger partial charge on any atom is -0.448 e. The van der Waals surface area contributed by atoms with Crippen LogP contribution in [0, 0.1) is 5.92 Å². The SMILES string of the molecule is O=C(O)ON1C(=O)CC(Cc2ccccc2)C1=O. The van der Waals surface area contributed by atoms with Crippen LogP contribution in [0.1, 0.15) is 12.0 Å². The van der Waals surface area contributed by atoms with Crippen LogP contribution in [0.4, 0.5) is 4.79 Å². The molecule has 1 atom stereocenters. The largest absolute Gasteiger partial charge is 0.531 e. The van der Waals surface area contributed by atoms with E-state index in [0.717, 1.165) is 5.56 Å². The maximum Gasteiger partial charge on any atom is 0.531 e. The summed E-state index contributed by atoms with van der Waals surface area (Å²) in [5, 5.41) is 8.75. The second-order valence-corrected chi connectivity index (χ2v) is 3.97. The third kappa shape index (κ3) is 2.48. The summed E-state index contributed by atoms with van der Waals surface area (Å²) >= 11 is 0. The zero-order chi connectivity index (χ0) is 13.1. The number of carbonyl (C=O) groups is 3. The van der Waals surface area contributed by atoms with Crippen molar-refractivity contribution in [2.45, 2.75) is 12.8 Å². The molecule has 1 unspecified atom stereocenters. The van der Waals surface area contributed by atoms with E-state index in [1.54, 1.807) is 0 Å². The summed E-state index contributed by atoms with van der Waals surface area (Å²) in [5.41, 5.74) is 0.917. The number of carboxylic acid groups (broad SMARTS) is 1. The standard InChI is InChI=1S/C12H11NO5/c14-10-7-9(6-8-4-2-1-3-5-8)11(15)13(10)18-12(16)17/h1-5,9H,6-7H2,(H,16,17). The lowest BCUT2D eigenvalue weighted by Crippen LogP contribution is -2.33. The van der Waals surface area contributed by atoms with E-state index >= 15 is 0 Å². The van der Waals surface area contributed by atoms with Crippen molar-refractivity contribution in [2.75, 3.05) is 0 Å². The molecule has 2 amide bonds. The van der Waals surface area contributed by atoms with Crippen LogP contribution in [-0.2, 0) is 20.8 Å². The molecule has 1 N–H and O–H groups in total. The molecule has 1 heterocycles. The van der Waals surface area contributed by atoms with Crippen LogP contribution in [0.15, 0.2) is 30.3 Å². The number of hydrogen-bond acceptors (Lipinski definition) is 4. The fourth-order valence-electron chi connectivity index (χ4n) is 1.90. The number of imide groups is 1. The van der Waals surface area contributed by atoms with E-state index in [-0.39, 0.29) is 6.42 Å². The van der Waals surface area contributed by atoms with Gasteiger partial charge in [0.1, 0.15) is 0 Å². The van der Waals surface area contributed by atoms with E-state index in [9.17, 15) is 14.4 Å². The lowest BCUT2D eigenvalue weighted by Gasteiger charge is -2.11. The molecule has 0 aliphatic carbocycles. The first-order valence-electron chi connectivity index (χ1n) is 5.39. The Labute approximate surface area is 103 Å². The molecule has 1 aliphatic rings. The maximum atomic E-state index is 11.8. The Bertz CT molecular complexity index is 485. The molecular formula is C12H11NO5. The summed E-state index contributed by atoms with van der Waals surface area (Å²) in [6.45, 7) is 0. The quantitative estimate of drug-likeness (QED) is 0.814. The van der Waals surface area contributed by atoms with Crippen LogP contribution in [0.3, 0.4) is 0 Å². The van der Waals surface area contributed by atoms with Crippen molar-refractivity contribution < 1.29 is 24.3 Å². The minimum absolute atomic E-state index is 0.0268. The highest BCUT2D eigenvalue weighted by Gasteiger charge is 2.41. The Morgan fingerprint density at radius 1 is 1.33 bits per heavy atom. The second kappa shape index (κ2) is 4.87. The number of hydrogen-bond donors (Lipinski definition) is 1. The number of benzene rings is 1. The van der Waals surface area contributed by atoms with Gasteiger partial charge in [0.05, 0.1) is 5.92 Å². The lowest BCUT2D eigenvalue weighted by atomic mass is 9.98. The average Bonchev–Trinajstić information content (AvgIpc) is 2.58. The predicted molar refractivity (Wildman–Crippen MR) is 59.2 cm³/mol. The molecule has 0 spiro atoms. The summed E-state index contributed by atoms with van der Waals surface area (Å²) < 4.78 is 0. The van der Waals surface area contributed by atoms with Crippen molar-refractivity contribution in [1.82, 2.24) is 5.06 Å². The lowest BCUT2D eigenvalue weighted by molar-refractivity contribution is -0.176. The Morgan fingerprint density at radius 2 is 2.00 bits per heavy atom. The minimum atomic E-state index is -1.67. The van der Waals surface area contributed by atoms with Gasteiger partial charge >= 0.3 is 6.16 Å². The van der Waals surface area contributed by atoms with E-state index in [1.807, 2.05) is 30.3 Å². The van der Waals surface area contributed by atoms with E-state index < -0.39 is 23.9 Å². The van der Waals surface area contributed by atoms with Gasteiger partial charge in [-0.25, -0.2) is 4.79 Å². The van der Waals surface area contributed by atoms with E-state index in [2.05, 4.69) is 4.84 Å². The number of rotatable bonds is 3. The smallest absolute Gasteiger partial charge is 0.448 e. The van der Waals surface area contributed by atoms with Crippen molar-refractivity contribution >= 4 is 18.0 Å². The molecule has 0 saturated carbocycles. The van der Waals surface area contributed by atoms with Gasteiger partial charge in [0.15, 0.2) is 0 Å². The van der Waals surface area contributed by atoms with Crippen LogP contribution < -0.4 is 0 Å². The van der Waals surface area contributed by atoms with E-state index in [4.69, 9.17) is 5.11 Å². The molecule has 1 fully saturated rings. The van der Waals surface area contributed by atoms with Gasteiger partial charge in [0.25, 0.3) is 11.8 Å². The van der Waals surface area contributed by atoms with Gasteiger partial charge in [-0.05, 0) is 12.0 Å². The number of nitrogens with zero attached hydrogens (tertiary/aromatic N) is 1. The normalized spacial score (nSPS) is 19.1. The highest BCUT2D eigenvalue weighted by molar-refractivity contribution is 6.03. The molecule has 0 radical (unpaired) electrons. The van der Waals surface area contributed by atoms with Crippen molar-refractivity contribution in [2.24, 2.45) is 5.92 Å². The summed E-state index contributed by atoms with van der Waals surface area (Å²) in [6, 6.07) is 9.21. The Morgan fingerprint density at radius 3 is 2.61 bits per heavy atom. The highest BCUT2D eigenvalue weighted by Crippen LogP contribution is 2.23. The van der Waals surface area contributed by atoms with Crippen LogP contribution in [0.5, 0.6) is 0 Å². The molecule has 0 bridgehead atoms. The Hall–Kier alpha value is -2.37. The van der Waals surface area contributed by atoms with Gasteiger partial charge in [-0.15, -0.1) is 0 Å². The van der Waals surface area contributed by atoms with Crippen LogP contribution in [0.2, 0.25) is 0 Å². The first-order chi connectivity index (χ1) is 8.58. The fraction of sp³-hybridized carbons (Fsp3) is 0.250. The third-order valence-electron chi connectivity index (χ3n) is 2.69. The summed E-state index contributed by atoms with van der Waals surface area (Å²) in [5.74, 6) is -1.78. The molecule has 6 nitrogen and oxygen atoms in total. The van der Waals surface area contributed by atoms with Crippen molar-refractivity contribution in [1.29, 1.82) is 0 Å². The second-order valence-electron chi connectivity index (χ2n) is 3.97. The van der Waals surface area contributed by atoms with Crippen molar-refractivity contribution in [3.8, 4) is 0 Å². The zero-order valence-electron chi connectivity index (χ0n) is 9.41. The molecule has 1 aromatic rings. The summed E-state index contributed by atoms with van der Waals surface area (Å²) in [7, 11) is 0.